The average Bonchev–Trinajstić information content (AvgIpc) is 2.99. The lowest BCUT2D eigenvalue weighted by Crippen LogP contribution is -2.40. The first kappa shape index (κ1) is 20.4. The Morgan fingerprint density at radius 3 is 2.54 bits per heavy atom. The lowest BCUT2D eigenvalue weighted by Gasteiger charge is -2.18. The maximum atomic E-state index is 9.15. The second-order valence-electron chi connectivity index (χ2n) is 7.01. The van der Waals surface area contributed by atoms with E-state index >= 15 is 0 Å². The molecule has 0 fully saturated rings. The van der Waals surface area contributed by atoms with Crippen molar-refractivity contribution >= 4 is 5.96 Å². The van der Waals surface area contributed by atoms with E-state index in [1.165, 1.54) is 0 Å². The van der Waals surface area contributed by atoms with Gasteiger partial charge >= 0.3 is 0 Å². The average molecular weight is 339 g/mol. The fourth-order valence-electron chi connectivity index (χ4n) is 2.29. The van der Waals surface area contributed by atoms with Crippen LogP contribution in [0.3, 0.4) is 0 Å². The molecule has 0 aliphatic carbocycles. The number of rotatable bonds is 9. The van der Waals surface area contributed by atoms with Gasteiger partial charge in [-0.05, 0) is 25.7 Å². The molecule has 1 rings (SSSR count). The van der Waals surface area contributed by atoms with Gasteiger partial charge in [0, 0.05) is 25.1 Å². The Balaban J connectivity index is 2.63. The molecule has 0 amide bonds. The molecule has 0 spiro atoms. The molecule has 1 aromatic rings. The number of aliphatic imine (C=N–C) groups is 1. The van der Waals surface area contributed by atoms with Crippen molar-refractivity contribution in [1.29, 1.82) is 0 Å². The third-order valence-corrected chi connectivity index (χ3v) is 3.62. The first-order chi connectivity index (χ1) is 11.4. The highest BCUT2D eigenvalue weighted by Gasteiger charge is 2.21. The summed E-state index contributed by atoms with van der Waals surface area (Å²) < 4.78 is 5.28. The van der Waals surface area contributed by atoms with Crippen molar-refractivity contribution in [3.8, 4) is 0 Å². The first-order valence-electron chi connectivity index (χ1n) is 8.86. The van der Waals surface area contributed by atoms with E-state index in [9.17, 15) is 0 Å². The van der Waals surface area contributed by atoms with Gasteiger partial charge in [-0.1, -0.05) is 39.3 Å². The number of aliphatic hydroxyl groups excluding tert-OH is 1. The Hall–Kier alpha value is -1.63. The summed E-state index contributed by atoms with van der Waals surface area (Å²) in [7, 11) is 0. The van der Waals surface area contributed by atoms with E-state index in [0.717, 1.165) is 38.3 Å². The molecule has 0 aliphatic rings. The van der Waals surface area contributed by atoms with Gasteiger partial charge in [-0.3, -0.25) is 0 Å². The molecule has 0 aliphatic heterocycles. The van der Waals surface area contributed by atoms with Crippen molar-refractivity contribution in [2.24, 2.45) is 10.9 Å². The van der Waals surface area contributed by atoms with E-state index in [-0.39, 0.29) is 12.0 Å². The molecule has 1 unspecified atom stereocenters. The Morgan fingerprint density at radius 2 is 2.00 bits per heavy atom. The van der Waals surface area contributed by atoms with Gasteiger partial charge in [0.25, 0.3) is 0 Å². The monoisotopic (exact) mass is 339 g/mol. The van der Waals surface area contributed by atoms with Crippen LogP contribution in [0.4, 0.5) is 0 Å². The zero-order chi connectivity index (χ0) is 18.0. The maximum Gasteiger partial charge on any atom is 0.232 e. The van der Waals surface area contributed by atoms with Crippen molar-refractivity contribution in [3.05, 3.63) is 11.7 Å². The Kier molecular flexibility index (Phi) is 8.74. The van der Waals surface area contributed by atoms with Crippen LogP contribution in [0.25, 0.3) is 0 Å². The number of hydrogen-bond acceptors (Lipinski definition) is 5. The number of aliphatic hydroxyl groups is 1. The summed E-state index contributed by atoms with van der Waals surface area (Å²) in [5.41, 5.74) is -0.157. The van der Waals surface area contributed by atoms with Crippen LogP contribution in [-0.4, -0.2) is 40.9 Å². The smallest absolute Gasteiger partial charge is 0.232 e. The third kappa shape index (κ3) is 7.29. The molecule has 1 aromatic heterocycles. The van der Waals surface area contributed by atoms with Crippen molar-refractivity contribution in [2.45, 2.75) is 65.8 Å². The van der Waals surface area contributed by atoms with E-state index < -0.39 is 0 Å². The minimum absolute atomic E-state index is 0.157. The largest absolute Gasteiger partial charge is 0.396 e. The van der Waals surface area contributed by atoms with Gasteiger partial charge in [0.2, 0.25) is 5.89 Å². The zero-order valence-electron chi connectivity index (χ0n) is 15.7. The molecule has 0 radical (unpaired) electrons. The van der Waals surface area contributed by atoms with E-state index in [1.807, 2.05) is 27.7 Å². The maximum absolute atomic E-state index is 9.15. The van der Waals surface area contributed by atoms with Crippen LogP contribution in [0.2, 0.25) is 0 Å². The Morgan fingerprint density at radius 1 is 1.25 bits per heavy atom. The SMILES string of the molecule is CCCC(CCO)CNC(=NCc1noc(C(C)(C)C)n1)NCC. The lowest BCUT2D eigenvalue weighted by molar-refractivity contribution is 0.251. The molecule has 3 N–H and O–H groups in total. The predicted octanol–water partition coefficient (Wildman–Crippen LogP) is 2.22. The number of nitrogens with zero attached hydrogens (tertiary/aromatic N) is 3. The van der Waals surface area contributed by atoms with E-state index in [0.29, 0.717) is 24.2 Å². The Bertz CT molecular complexity index is 487. The summed E-state index contributed by atoms with van der Waals surface area (Å²) in [6.07, 6.45) is 3.01. The van der Waals surface area contributed by atoms with Gasteiger partial charge in [-0.2, -0.15) is 4.98 Å². The summed E-state index contributed by atoms with van der Waals surface area (Å²) >= 11 is 0. The van der Waals surface area contributed by atoms with Crippen molar-refractivity contribution < 1.29 is 9.63 Å². The molecule has 1 atom stereocenters. The first-order valence-corrected chi connectivity index (χ1v) is 8.86. The quantitative estimate of drug-likeness (QED) is 0.472. The molecule has 0 saturated carbocycles. The highest BCUT2D eigenvalue weighted by Crippen LogP contribution is 2.19. The Labute approximate surface area is 145 Å². The standard InChI is InChI=1S/C17H33N5O2/c1-6-8-13(9-10-23)11-19-16(18-7-2)20-12-14-21-15(24-22-14)17(3,4)5/h13,23H,6-12H2,1-5H3,(H2,18,19,20). The second kappa shape index (κ2) is 10.3. The normalized spacial score (nSPS) is 13.8. The topological polar surface area (TPSA) is 95.6 Å². The molecule has 7 nitrogen and oxygen atoms in total. The van der Waals surface area contributed by atoms with Gasteiger partial charge in [0.05, 0.1) is 0 Å². The number of guanidine groups is 1. The molecule has 138 valence electrons. The molecule has 0 aromatic carbocycles. The molecular weight excluding hydrogens is 306 g/mol. The van der Waals surface area contributed by atoms with Crippen LogP contribution < -0.4 is 10.6 Å². The van der Waals surface area contributed by atoms with E-state index in [1.54, 1.807) is 0 Å². The minimum Gasteiger partial charge on any atom is -0.396 e. The molecule has 1 heterocycles. The van der Waals surface area contributed by atoms with Gasteiger partial charge < -0.3 is 20.3 Å². The van der Waals surface area contributed by atoms with Crippen molar-refractivity contribution in [2.75, 3.05) is 19.7 Å². The summed E-state index contributed by atoms with van der Waals surface area (Å²) in [4.78, 5) is 8.91. The van der Waals surface area contributed by atoms with Crippen LogP contribution >= 0.6 is 0 Å². The zero-order valence-corrected chi connectivity index (χ0v) is 15.7. The van der Waals surface area contributed by atoms with E-state index in [2.05, 4.69) is 32.7 Å². The number of nitrogens with one attached hydrogen (secondary N) is 2. The highest BCUT2D eigenvalue weighted by molar-refractivity contribution is 5.79. The van der Waals surface area contributed by atoms with Crippen LogP contribution in [-0.2, 0) is 12.0 Å². The second-order valence-corrected chi connectivity index (χ2v) is 7.01. The van der Waals surface area contributed by atoms with Crippen LogP contribution in [0.15, 0.2) is 9.52 Å². The number of aromatic nitrogens is 2. The molecule has 24 heavy (non-hydrogen) atoms. The van der Waals surface area contributed by atoms with Gasteiger partial charge in [0.15, 0.2) is 11.8 Å². The van der Waals surface area contributed by atoms with Gasteiger partial charge in [-0.15, -0.1) is 0 Å². The van der Waals surface area contributed by atoms with Crippen LogP contribution in [0.1, 0.15) is 65.6 Å². The fraction of sp³-hybridized carbons (Fsp3) is 0.824. The third-order valence-electron chi connectivity index (χ3n) is 3.62. The summed E-state index contributed by atoms with van der Waals surface area (Å²) in [5, 5.41) is 19.7. The van der Waals surface area contributed by atoms with Gasteiger partial charge in [0.1, 0.15) is 6.54 Å². The molecule has 0 saturated heterocycles. The number of hydrogen-bond donors (Lipinski definition) is 3. The van der Waals surface area contributed by atoms with Crippen molar-refractivity contribution in [1.82, 2.24) is 20.8 Å². The van der Waals surface area contributed by atoms with E-state index in [4.69, 9.17) is 9.63 Å². The summed E-state index contributed by atoms with van der Waals surface area (Å²) in [6, 6.07) is 0. The van der Waals surface area contributed by atoms with Crippen LogP contribution in [0, 0.1) is 5.92 Å². The summed E-state index contributed by atoms with van der Waals surface area (Å²) in [6.45, 7) is 12.5. The molecular formula is C17H33N5O2. The lowest BCUT2D eigenvalue weighted by atomic mass is 9.97. The predicted molar refractivity (Wildman–Crippen MR) is 95.9 cm³/mol. The summed E-state index contributed by atoms with van der Waals surface area (Å²) in [5.74, 6) is 2.38. The molecule has 0 bridgehead atoms. The minimum atomic E-state index is -0.157. The van der Waals surface area contributed by atoms with Crippen molar-refractivity contribution in [3.63, 3.8) is 0 Å². The highest BCUT2D eigenvalue weighted by atomic mass is 16.5. The molecule has 7 heteroatoms. The van der Waals surface area contributed by atoms with Crippen LogP contribution in [0.5, 0.6) is 0 Å². The van der Waals surface area contributed by atoms with Gasteiger partial charge in [-0.25, -0.2) is 4.99 Å². The fourth-order valence-corrected chi connectivity index (χ4v) is 2.29.